The summed E-state index contributed by atoms with van der Waals surface area (Å²) in [5.41, 5.74) is 8.50. The van der Waals surface area contributed by atoms with Crippen molar-refractivity contribution in [1.82, 2.24) is 0 Å². The van der Waals surface area contributed by atoms with E-state index in [1.165, 1.54) is 0 Å². The molecule has 0 aliphatic rings. The molecule has 0 unspecified atom stereocenters. The molecular formula is C4H7N3. The summed E-state index contributed by atoms with van der Waals surface area (Å²) in [7, 11) is 0. The Morgan fingerprint density at radius 2 is 2.43 bits per heavy atom. The van der Waals surface area contributed by atoms with Crippen molar-refractivity contribution < 1.29 is 0 Å². The second-order valence-electron chi connectivity index (χ2n) is 1.12. The molecule has 38 valence electrons. The van der Waals surface area contributed by atoms with Crippen LogP contribution < -0.4 is 0 Å². The molecule has 0 aliphatic carbocycles. The molecule has 7 heavy (non-hydrogen) atoms. The molecule has 0 amide bonds. The second-order valence-corrected chi connectivity index (χ2v) is 1.12. The Morgan fingerprint density at radius 1 is 1.86 bits per heavy atom. The highest BCUT2D eigenvalue weighted by Crippen LogP contribution is 1.90. The summed E-state index contributed by atoms with van der Waals surface area (Å²) >= 11 is 0. The number of hydrogen-bond donors (Lipinski definition) is 0. The van der Waals surface area contributed by atoms with Gasteiger partial charge in [-0.3, -0.25) is 0 Å². The van der Waals surface area contributed by atoms with E-state index in [0.29, 0.717) is 5.70 Å². The van der Waals surface area contributed by atoms with Crippen molar-refractivity contribution in [2.75, 3.05) is 0 Å². The van der Waals surface area contributed by atoms with Crippen molar-refractivity contribution in [1.29, 1.82) is 0 Å². The predicted octanol–water partition coefficient (Wildman–Crippen LogP) is 2.22. The van der Waals surface area contributed by atoms with Crippen molar-refractivity contribution in [3.05, 3.63) is 22.2 Å². The molecule has 0 bridgehead atoms. The normalized spacial score (nSPS) is 10.3. The summed E-state index contributed by atoms with van der Waals surface area (Å²) in [6.07, 6.45) is 1.75. The van der Waals surface area contributed by atoms with Crippen molar-refractivity contribution in [2.45, 2.75) is 13.8 Å². The Hall–Kier alpha value is -0.950. The third-order valence-corrected chi connectivity index (χ3v) is 0.620. The van der Waals surface area contributed by atoms with Crippen LogP contribution in [0.4, 0.5) is 0 Å². The minimum atomic E-state index is 0.711. The van der Waals surface area contributed by atoms with Gasteiger partial charge in [-0.2, -0.15) is 0 Å². The smallest absolute Gasteiger partial charge is 0.00768 e. The minimum absolute atomic E-state index is 0.711. The van der Waals surface area contributed by atoms with Crippen molar-refractivity contribution in [3.63, 3.8) is 0 Å². The maximum absolute atomic E-state index is 7.79. The molecule has 0 saturated heterocycles. The van der Waals surface area contributed by atoms with Crippen LogP contribution >= 0.6 is 0 Å². The zero-order chi connectivity index (χ0) is 5.70. The average molecular weight is 97.1 g/mol. The van der Waals surface area contributed by atoms with Gasteiger partial charge in [-0.15, -0.1) is 0 Å². The Balaban J connectivity index is 3.82. The SMILES string of the molecule is CC=C(C)N=[N+]=[N-]. The summed E-state index contributed by atoms with van der Waals surface area (Å²) in [6.45, 7) is 3.57. The van der Waals surface area contributed by atoms with Crippen LogP contribution in [0.1, 0.15) is 13.8 Å². The largest absolute Gasteiger partial charge is 0.0825 e. The Morgan fingerprint density at radius 3 is 2.57 bits per heavy atom. The van der Waals surface area contributed by atoms with Crippen molar-refractivity contribution >= 4 is 0 Å². The second kappa shape index (κ2) is 3.25. The molecule has 0 N–H and O–H groups in total. The van der Waals surface area contributed by atoms with Gasteiger partial charge < -0.3 is 0 Å². The van der Waals surface area contributed by atoms with Crippen LogP contribution in [0, 0.1) is 0 Å². The Kier molecular flexibility index (Phi) is 2.81. The molecule has 0 aliphatic heterocycles. The van der Waals surface area contributed by atoms with Crippen LogP contribution in [0.2, 0.25) is 0 Å². The molecule has 0 aromatic carbocycles. The highest BCUT2D eigenvalue weighted by molar-refractivity contribution is 4.92. The van der Waals surface area contributed by atoms with Crippen LogP contribution in [0.25, 0.3) is 10.4 Å². The Bertz CT molecular complexity index is 119. The molecule has 0 atom stereocenters. The van der Waals surface area contributed by atoms with E-state index in [2.05, 4.69) is 10.0 Å². The van der Waals surface area contributed by atoms with E-state index in [1.54, 1.807) is 13.0 Å². The lowest BCUT2D eigenvalue weighted by Gasteiger charge is -1.76. The van der Waals surface area contributed by atoms with Crippen LogP contribution in [-0.4, -0.2) is 0 Å². The third-order valence-electron chi connectivity index (χ3n) is 0.620. The zero-order valence-corrected chi connectivity index (χ0v) is 4.42. The van der Waals surface area contributed by atoms with Crippen LogP contribution in [0.3, 0.4) is 0 Å². The van der Waals surface area contributed by atoms with Gasteiger partial charge >= 0.3 is 0 Å². The van der Waals surface area contributed by atoms with E-state index in [1.807, 2.05) is 6.92 Å². The molecule has 0 saturated carbocycles. The fourth-order valence-corrected chi connectivity index (χ4v) is 0.128. The lowest BCUT2D eigenvalue weighted by atomic mass is 10.5. The lowest BCUT2D eigenvalue weighted by Crippen LogP contribution is -1.57. The van der Waals surface area contributed by atoms with E-state index in [4.69, 9.17) is 5.53 Å². The summed E-state index contributed by atoms with van der Waals surface area (Å²) in [5.74, 6) is 0. The summed E-state index contributed by atoms with van der Waals surface area (Å²) < 4.78 is 0. The molecule has 0 radical (unpaired) electrons. The van der Waals surface area contributed by atoms with Gasteiger partial charge in [0.25, 0.3) is 0 Å². The molecule has 3 heteroatoms. The molecular weight excluding hydrogens is 90.1 g/mol. The summed E-state index contributed by atoms with van der Waals surface area (Å²) in [6, 6.07) is 0. The molecule has 0 fully saturated rings. The maximum Gasteiger partial charge on any atom is 0.00768 e. The van der Waals surface area contributed by atoms with Crippen LogP contribution in [0.5, 0.6) is 0 Å². The summed E-state index contributed by atoms with van der Waals surface area (Å²) in [5, 5.41) is 3.28. The van der Waals surface area contributed by atoms with Crippen molar-refractivity contribution in [3.8, 4) is 0 Å². The van der Waals surface area contributed by atoms with Gasteiger partial charge in [-0.25, -0.2) is 0 Å². The van der Waals surface area contributed by atoms with E-state index < -0.39 is 0 Å². The fourth-order valence-electron chi connectivity index (χ4n) is 0.128. The number of azide groups is 1. The van der Waals surface area contributed by atoms with Gasteiger partial charge in [0.05, 0.1) is 0 Å². The standard InChI is InChI=1S/C4H7N3/c1-3-4(2)6-7-5/h3H,1-2H3. The fraction of sp³-hybridized carbons (Fsp3) is 0.500. The topological polar surface area (TPSA) is 48.8 Å². The average Bonchev–Trinajstić information content (AvgIpc) is 1.68. The maximum atomic E-state index is 7.79. The van der Waals surface area contributed by atoms with Gasteiger partial charge in [0.1, 0.15) is 0 Å². The van der Waals surface area contributed by atoms with Gasteiger partial charge in [0, 0.05) is 10.6 Å². The molecule has 0 aromatic heterocycles. The minimum Gasteiger partial charge on any atom is -0.0825 e. The number of nitrogens with zero attached hydrogens (tertiary/aromatic N) is 3. The van der Waals surface area contributed by atoms with E-state index in [9.17, 15) is 0 Å². The number of hydrogen-bond acceptors (Lipinski definition) is 1. The summed E-state index contributed by atoms with van der Waals surface area (Å²) in [4.78, 5) is 2.56. The highest BCUT2D eigenvalue weighted by Gasteiger charge is 1.71. The zero-order valence-electron chi connectivity index (χ0n) is 4.42. The first-order valence-corrected chi connectivity index (χ1v) is 1.99. The number of rotatable bonds is 1. The predicted molar refractivity (Wildman–Crippen MR) is 28.6 cm³/mol. The molecule has 0 rings (SSSR count). The highest BCUT2D eigenvalue weighted by atomic mass is 15.1. The Labute approximate surface area is 42.3 Å². The van der Waals surface area contributed by atoms with Gasteiger partial charge in [-0.05, 0) is 19.4 Å². The van der Waals surface area contributed by atoms with Crippen LogP contribution in [0.15, 0.2) is 16.9 Å². The van der Waals surface area contributed by atoms with Gasteiger partial charge in [0.2, 0.25) is 0 Å². The molecule has 0 aromatic rings. The van der Waals surface area contributed by atoms with Crippen molar-refractivity contribution in [2.24, 2.45) is 5.11 Å². The first-order valence-electron chi connectivity index (χ1n) is 1.99. The van der Waals surface area contributed by atoms with Crippen LogP contribution in [-0.2, 0) is 0 Å². The molecule has 3 nitrogen and oxygen atoms in total. The lowest BCUT2D eigenvalue weighted by molar-refractivity contribution is 1.26. The first kappa shape index (κ1) is 6.05. The van der Waals surface area contributed by atoms with E-state index in [-0.39, 0.29) is 0 Å². The van der Waals surface area contributed by atoms with Gasteiger partial charge in [0.15, 0.2) is 0 Å². The monoisotopic (exact) mass is 97.1 g/mol. The first-order chi connectivity index (χ1) is 3.31. The molecule has 0 heterocycles. The third kappa shape index (κ3) is 2.86. The van der Waals surface area contributed by atoms with E-state index >= 15 is 0 Å². The van der Waals surface area contributed by atoms with E-state index in [0.717, 1.165) is 0 Å². The van der Waals surface area contributed by atoms with Gasteiger partial charge in [-0.1, -0.05) is 11.2 Å². The quantitative estimate of drug-likeness (QED) is 0.273. The number of allylic oxidation sites excluding steroid dienone is 2. The molecule has 0 spiro atoms.